The molecule has 0 amide bonds. The van der Waals surface area contributed by atoms with Gasteiger partial charge in [0.25, 0.3) is 0 Å². The van der Waals surface area contributed by atoms with Crippen molar-refractivity contribution < 1.29 is 0 Å². The van der Waals surface area contributed by atoms with E-state index in [1.807, 2.05) is 7.05 Å². The van der Waals surface area contributed by atoms with Gasteiger partial charge in [-0.1, -0.05) is 28.9 Å². The Morgan fingerprint density at radius 3 is 2.69 bits per heavy atom. The van der Waals surface area contributed by atoms with E-state index >= 15 is 0 Å². The van der Waals surface area contributed by atoms with Crippen LogP contribution in [0.25, 0.3) is 0 Å². The molecular weight excluding hydrogens is 264 g/mol. The Balaban J connectivity index is 2.89. The van der Waals surface area contributed by atoms with E-state index in [1.165, 1.54) is 11.1 Å². The maximum atomic E-state index is 5.68. The van der Waals surface area contributed by atoms with Crippen LogP contribution in [0.4, 0.5) is 0 Å². The third-order valence-corrected chi connectivity index (χ3v) is 3.50. The molecule has 1 aromatic rings. The first-order chi connectivity index (χ1) is 7.58. The Morgan fingerprint density at radius 1 is 1.44 bits per heavy atom. The Kier molecular flexibility index (Phi) is 5.46. The Labute approximate surface area is 107 Å². The summed E-state index contributed by atoms with van der Waals surface area (Å²) < 4.78 is 1.13. The number of hydrogen-bond donors (Lipinski definition) is 2. The van der Waals surface area contributed by atoms with Gasteiger partial charge in [-0.05, 0) is 56.1 Å². The molecule has 0 radical (unpaired) electrons. The zero-order valence-electron chi connectivity index (χ0n) is 10.3. The van der Waals surface area contributed by atoms with E-state index in [1.54, 1.807) is 0 Å². The molecule has 0 aromatic heterocycles. The lowest BCUT2D eigenvalue weighted by atomic mass is 9.93. The first kappa shape index (κ1) is 13.7. The minimum Gasteiger partial charge on any atom is -0.330 e. The van der Waals surface area contributed by atoms with Crippen molar-refractivity contribution in [1.82, 2.24) is 5.32 Å². The molecule has 1 aromatic carbocycles. The van der Waals surface area contributed by atoms with Crippen LogP contribution in [-0.4, -0.2) is 13.6 Å². The molecule has 2 nitrogen and oxygen atoms in total. The van der Waals surface area contributed by atoms with Gasteiger partial charge in [-0.3, -0.25) is 0 Å². The second kappa shape index (κ2) is 6.38. The van der Waals surface area contributed by atoms with Crippen LogP contribution in [-0.2, 0) is 0 Å². The molecule has 3 heteroatoms. The Morgan fingerprint density at radius 2 is 2.12 bits per heavy atom. The van der Waals surface area contributed by atoms with E-state index in [-0.39, 0.29) is 0 Å². The van der Waals surface area contributed by atoms with Gasteiger partial charge in [0.1, 0.15) is 0 Å². The first-order valence-corrected chi connectivity index (χ1v) is 6.51. The second-order valence-electron chi connectivity index (χ2n) is 4.42. The second-order valence-corrected chi connectivity index (χ2v) is 5.33. The van der Waals surface area contributed by atoms with Crippen LogP contribution >= 0.6 is 15.9 Å². The summed E-state index contributed by atoms with van der Waals surface area (Å²) >= 11 is 3.52. The summed E-state index contributed by atoms with van der Waals surface area (Å²) in [7, 11) is 2.01. The number of rotatable bonds is 5. The van der Waals surface area contributed by atoms with Gasteiger partial charge >= 0.3 is 0 Å². The van der Waals surface area contributed by atoms with Gasteiger partial charge in [0, 0.05) is 10.5 Å². The lowest BCUT2D eigenvalue weighted by Crippen LogP contribution is -2.23. The number of nitrogens with two attached hydrogens (primary N) is 1. The highest BCUT2D eigenvalue weighted by atomic mass is 79.9. The van der Waals surface area contributed by atoms with Crippen molar-refractivity contribution in [3.63, 3.8) is 0 Å². The van der Waals surface area contributed by atoms with Crippen molar-refractivity contribution in [1.29, 1.82) is 0 Å². The Hall–Kier alpha value is -0.380. The molecule has 16 heavy (non-hydrogen) atoms. The van der Waals surface area contributed by atoms with Gasteiger partial charge in [-0.2, -0.15) is 0 Å². The van der Waals surface area contributed by atoms with Crippen molar-refractivity contribution in [3.05, 3.63) is 33.8 Å². The van der Waals surface area contributed by atoms with Crippen molar-refractivity contribution >= 4 is 15.9 Å². The van der Waals surface area contributed by atoms with Gasteiger partial charge in [-0.25, -0.2) is 0 Å². The number of aryl methyl sites for hydroxylation is 1. The topological polar surface area (TPSA) is 38.0 Å². The van der Waals surface area contributed by atoms with Crippen LogP contribution in [0.5, 0.6) is 0 Å². The van der Waals surface area contributed by atoms with Gasteiger partial charge in [-0.15, -0.1) is 0 Å². The lowest BCUT2D eigenvalue weighted by molar-refractivity contribution is 0.436. The standard InChI is InChI=1S/C13H21BrN2/c1-9(8-15)6-13(16-3)12-7-11(14)5-4-10(12)2/h4-5,7,9,13,16H,6,8,15H2,1-3H3. The zero-order chi connectivity index (χ0) is 12.1. The minimum absolute atomic E-state index is 0.385. The van der Waals surface area contributed by atoms with Gasteiger partial charge in [0.05, 0.1) is 0 Å². The maximum Gasteiger partial charge on any atom is 0.0323 e. The van der Waals surface area contributed by atoms with Crippen LogP contribution in [0.3, 0.4) is 0 Å². The molecule has 2 atom stereocenters. The fraction of sp³-hybridized carbons (Fsp3) is 0.538. The van der Waals surface area contributed by atoms with E-state index < -0.39 is 0 Å². The fourth-order valence-electron chi connectivity index (χ4n) is 1.89. The van der Waals surface area contributed by atoms with Crippen LogP contribution in [0, 0.1) is 12.8 Å². The van der Waals surface area contributed by atoms with Crippen molar-refractivity contribution in [2.75, 3.05) is 13.6 Å². The lowest BCUT2D eigenvalue weighted by Gasteiger charge is -2.22. The highest BCUT2D eigenvalue weighted by Crippen LogP contribution is 2.26. The predicted molar refractivity (Wildman–Crippen MR) is 73.5 cm³/mol. The molecule has 0 aliphatic rings. The maximum absolute atomic E-state index is 5.68. The van der Waals surface area contributed by atoms with Crippen molar-refractivity contribution in [2.24, 2.45) is 11.7 Å². The van der Waals surface area contributed by atoms with E-state index in [2.05, 4.69) is 53.3 Å². The molecule has 0 spiro atoms. The van der Waals surface area contributed by atoms with E-state index in [4.69, 9.17) is 5.73 Å². The fourth-order valence-corrected chi connectivity index (χ4v) is 2.26. The summed E-state index contributed by atoms with van der Waals surface area (Å²) in [6.07, 6.45) is 1.07. The third kappa shape index (κ3) is 3.58. The van der Waals surface area contributed by atoms with Crippen LogP contribution < -0.4 is 11.1 Å². The van der Waals surface area contributed by atoms with Crippen LogP contribution in [0.2, 0.25) is 0 Å². The summed E-state index contributed by atoms with van der Waals surface area (Å²) in [5.41, 5.74) is 8.37. The van der Waals surface area contributed by atoms with Gasteiger partial charge in [0.2, 0.25) is 0 Å². The smallest absolute Gasteiger partial charge is 0.0323 e. The number of nitrogens with one attached hydrogen (secondary N) is 1. The minimum atomic E-state index is 0.385. The highest BCUT2D eigenvalue weighted by molar-refractivity contribution is 9.10. The summed E-state index contributed by atoms with van der Waals surface area (Å²) in [6.45, 7) is 5.09. The quantitative estimate of drug-likeness (QED) is 0.872. The molecule has 0 fully saturated rings. The zero-order valence-corrected chi connectivity index (χ0v) is 11.8. The van der Waals surface area contributed by atoms with E-state index in [0.29, 0.717) is 12.0 Å². The molecule has 0 heterocycles. The van der Waals surface area contributed by atoms with Crippen LogP contribution in [0.15, 0.2) is 22.7 Å². The van der Waals surface area contributed by atoms with Gasteiger partial charge < -0.3 is 11.1 Å². The first-order valence-electron chi connectivity index (χ1n) is 5.71. The number of hydrogen-bond acceptors (Lipinski definition) is 2. The largest absolute Gasteiger partial charge is 0.330 e. The molecule has 0 aliphatic carbocycles. The summed E-state index contributed by atoms with van der Waals surface area (Å²) in [6, 6.07) is 6.81. The van der Waals surface area contributed by atoms with Crippen LogP contribution in [0.1, 0.15) is 30.5 Å². The van der Waals surface area contributed by atoms with Crippen molar-refractivity contribution in [3.8, 4) is 0 Å². The molecule has 0 bridgehead atoms. The van der Waals surface area contributed by atoms with E-state index in [0.717, 1.165) is 17.4 Å². The molecular formula is C13H21BrN2. The predicted octanol–water partition coefficient (Wildman–Crippen LogP) is 3.00. The molecule has 90 valence electrons. The molecule has 3 N–H and O–H groups in total. The monoisotopic (exact) mass is 284 g/mol. The molecule has 1 rings (SSSR count). The average molecular weight is 285 g/mol. The SMILES string of the molecule is CNC(CC(C)CN)c1cc(Br)ccc1C. The highest BCUT2D eigenvalue weighted by Gasteiger charge is 2.14. The molecule has 0 aliphatic heterocycles. The van der Waals surface area contributed by atoms with Crippen molar-refractivity contribution in [2.45, 2.75) is 26.3 Å². The molecule has 2 unspecified atom stereocenters. The summed E-state index contributed by atoms with van der Waals surface area (Å²) in [5.74, 6) is 0.538. The average Bonchev–Trinajstić information content (AvgIpc) is 2.29. The normalized spacial score (nSPS) is 14.8. The molecule has 0 saturated carbocycles. The molecule has 0 saturated heterocycles. The van der Waals surface area contributed by atoms with E-state index in [9.17, 15) is 0 Å². The summed E-state index contributed by atoms with van der Waals surface area (Å²) in [4.78, 5) is 0. The Bertz CT molecular complexity index is 339. The third-order valence-electron chi connectivity index (χ3n) is 3.01. The van der Waals surface area contributed by atoms with Gasteiger partial charge in [0.15, 0.2) is 0 Å². The summed E-state index contributed by atoms with van der Waals surface area (Å²) in [5, 5.41) is 3.38. The number of halogens is 1. The number of benzene rings is 1.